The Labute approximate surface area is 199 Å². The summed E-state index contributed by atoms with van der Waals surface area (Å²) in [5.41, 5.74) is 3.15. The van der Waals surface area contributed by atoms with E-state index in [1.807, 2.05) is 25.3 Å². The molecule has 33 heavy (non-hydrogen) atoms. The number of fused-ring (bicyclic) bond motifs is 1. The Hall–Kier alpha value is -3.10. The molecule has 1 amide bonds. The molecule has 6 nitrogen and oxygen atoms in total. The molecule has 0 aliphatic carbocycles. The third kappa shape index (κ3) is 4.16. The average Bonchev–Trinajstić information content (AvgIpc) is 3.18. The molecular formula is C25H25N3O3S2. The Bertz CT molecular complexity index is 1310. The molecule has 0 spiro atoms. The lowest BCUT2D eigenvalue weighted by Crippen LogP contribution is -2.29. The number of sulfonamides is 1. The Morgan fingerprint density at radius 3 is 2.39 bits per heavy atom. The maximum absolute atomic E-state index is 13.1. The third-order valence-corrected chi connectivity index (χ3v) is 8.19. The van der Waals surface area contributed by atoms with Crippen LogP contribution in [0, 0.1) is 0 Å². The van der Waals surface area contributed by atoms with Gasteiger partial charge in [-0.3, -0.25) is 9.69 Å². The van der Waals surface area contributed by atoms with E-state index in [9.17, 15) is 13.2 Å². The van der Waals surface area contributed by atoms with Crippen LogP contribution in [0.25, 0.3) is 0 Å². The van der Waals surface area contributed by atoms with Crippen molar-refractivity contribution in [1.29, 1.82) is 0 Å². The summed E-state index contributed by atoms with van der Waals surface area (Å²) in [5, 5.41) is 0.121. The van der Waals surface area contributed by atoms with Gasteiger partial charge in [0.2, 0.25) is 0 Å². The van der Waals surface area contributed by atoms with Crippen molar-refractivity contribution in [3.05, 3.63) is 95.6 Å². The first-order chi connectivity index (χ1) is 15.7. The van der Waals surface area contributed by atoms with Crippen molar-refractivity contribution < 1.29 is 13.2 Å². The number of amidine groups is 1. The minimum atomic E-state index is -3.95. The second-order valence-corrected chi connectivity index (χ2v) is 10.9. The lowest BCUT2D eigenvalue weighted by Gasteiger charge is -2.23. The van der Waals surface area contributed by atoms with Gasteiger partial charge in [0.05, 0.1) is 9.80 Å². The summed E-state index contributed by atoms with van der Waals surface area (Å²) in [4.78, 5) is 17.0. The van der Waals surface area contributed by atoms with Gasteiger partial charge in [-0.25, -0.2) is 0 Å². The minimum absolute atomic E-state index is 0.0794. The molecule has 2 aromatic rings. The number of rotatable bonds is 5. The lowest BCUT2D eigenvalue weighted by atomic mass is 9.84. The summed E-state index contributed by atoms with van der Waals surface area (Å²) in [6, 6.07) is 16.2. The van der Waals surface area contributed by atoms with Gasteiger partial charge in [0.1, 0.15) is 0 Å². The van der Waals surface area contributed by atoms with E-state index < -0.39 is 10.0 Å². The molecule has 0 unspecified atom stereocenters. The van der Waals surface area contributed by atoms with Crippen LogP contribution in [0.15, 0.2) is 99.3 Å². The predicted octanol–water partition coefficient (Wildman–Crippen LogP) is 4.69. The SMILES string of the molecule is C=CCN1C(=O)C(=CC=C2N(C)c3ccccc3C2(C)C)SC1=NS(=O)(=O)c1ccccc1. The van der Waals surface area contributed by atoms with Gasteiger partial charge in [0.15, 0.2) is 5.17 Å². The third-order valence-electron chi connectivity index (χ3n) is 5.77. The van der Waals surface area contributed by atoms with E-state index in [0.717, 1.165) is 23.1 Å². The van der Waals surface area contributed by atoms with E-state index in [1.165, 1.54) is 22.6 Å². The van der Waals surface area contributed by atoms with E-state index in [1.54, 1.807) is 30.4 Å². The minimum Gasteiger partial charge on any atom is -0.347 e. The summed E-state index contributed by atoms with van der Waals surface area (Å²) < 4.78 is 29.5. The monoisotopic (exact) mass is 479 g/mol. The Balaban J connectivity index is 1.70. The highest BCUT2D eigenvalue weighted by Crippen LogP contribution is 2.46. The van der Waals surface area contributed by atoms with E-state index in [4.69, 9.17) is 0 Å². The number of hydrogen-bond acceptors (Lipinski definition) is 5. The number of carbonyl (C=O) groups is 1. The highest BCUT2D eigenvalue weighted by molar-refractivity contribution is 8.19. The highest BCUT2D eigenvalue weighted by Gasteiger charge is 2.38. The normalized spacial score (nSPS) is 21.3. The molecule has 0 radical (unpaired) electrons. The van der Waals surface area contributed by atoms with Crippen LogP contribution in [-0.2, 0) is 20.2 Å². The molecule has 1 saturated heterocycles. The molecule has 2 aliphatic rings. The van der Waals surface area contributed by atoms with Crippen LogP contribution in [0.2, 0.25) is 0 Å². The molecule has 4 rings (SSSR count). The summed E-state index contributed by atoms with van der Waals surface area (Å²) >= 11 is 1.05. The fourth-order valence-electron chi connectivity index (χ4n) is 4.08. The van der Waals surface area contributed by atoms with Crippen molar-refractivity contribution in [1.82, 2.24) is 4.90 Å². The van der Waals surface area contributed by atoms with Gasteiger partial charge < -0.3 is 4.90 Å². The largest absolute Gasteiger partial charge is 0.347 e. The van der Waals surface area contributed by atoms with Gasteiger partial charge >= 0.3 is 0 Å². The molecule has 0 aromatic heterocycles. The van der Waals surface area contributed by atoms with Crippen LogP contribution in [0.3, 0.4) is 0 Å². The van der Waals surface area contributed by atoms with E-state index in [0.29, 0.717) is 4.91 Å². The second-order valence-electron chi connectivity index (χ2n) is 8.25. The zero-order valence-corrected chi connectivity index (χ0v) is 20.4. The van der Waals surface area contributed by atoms with Crippen LogP contribution in [0.4, 0.5) is 5.69 Å². The van der Waals surface area contributed by atoms with Crippen LogP contribution in [0.1, 0.15) is 19.4 Å². The smallest absolute Gasteiger partial charge is 0.284 e. The van der Waals surface area contributed by atoms with Crippen molar-refractivity contribution in [2.75, 3.05) is 18.5 Å². The van der Waals surface area contributed by atoms with Crippen molar-refractivity contribution in [3.63, 3.8) is 0 Å². The molecule has 1 fully saturated rings. The number of hydrogen-bond donors (Lipinski definition) is 0. The van der Waals surface area contributed by atoms with Crippen LogP contribution in [0.5, 0.6) is 0 Å². The molecule has 2 heterocycles. The quantitative estimate of drug-likeness (QED) is 0.460. The summed E-state index contributed by atoms with van der Waals surface area (Å²) in [6.07, 6.45) is 5.23. The fraction of sp³-hybridized carbons (Fsp3) is 0.200. The van der Waals surface area contributed by atoms with Crippen LogP contribution >= 0.6 is 11.8 Å². The van der Waals surface area contributed by atoms with Crippen molar-refractivity contribution in [2.24, 2.45) is 4.40 Å². The highest BCUT2D eigenvalue weighted by atomic mass is 32.2. The molecule has 0 atom stereocenters. The number of anilines is 1. The van der Waals surface area contributed by atoms with Gasteiger partial charge in [0.25, 0.3) is 15.9 Å². The van der Waals surface area contributed by atoms with Gasteiger partial charge in [0, 0.05) is 30.4 Å². The van der Waals surface area contributed by atoms with Gasteiger partial charge in [-0.1, -0.05) is 56.3 Å². The Morgan fingerprint density at radius 2 is 1.73 bits per heavy atom. The molecule has 8 heteroatoms. The molecule has 0 bridgehead atoms. The van der Waals surface area contributed by atoms with Crippen molar-refractivity contribution >= 4 is 38.5 Å². The molecule has 0 N–H and O–H groups in total. The Morgan fingerprint density at radius 1 is 1.06 bits per heavy atom. The number of thioether (sulfide) groups is 1. The van der Waals surface area contributed by atoms with E-state index in [-0.39, 0.29) is 27.9 Å². The average molecular weight is 480 g/mol. The number of nitrogens with zero attached hydrogens (tertiary/aromatic N) is 3. The zero-order valence-electron chi connectivity index (χ0n) is 18.7. The number of benzene rings is 2. The summed E-state index contributed by atoms with van der Waals surface area (Å²) in [5.74, 6) is -0.297. The van der Waals surface area contributed by atoms with Crippen LogP contribution < -0.4 is 4.90 Å². The Kier molecular flexibility index (Phi) is 6.07. The van der Waals surface area contributed by atoms with Crippen molar-refractivity contribution in [3.8, 4) is 0 Å². The maximum atomic E-state index is 13.1. The first-order valence-electron chi connectivity index (χ1n) is 10.4. The van der Waals surface area contributed by atoms with E-state index in [2.05, 4.69) is 41.9 Å². The second kappa shape index (κ2) is 8.68. The molecule has 0 saturated carbocycles. The predicted molar refractivity (Wildman–Crippen MR) is 135 cm³/mol. The number of likely N-dealkylation sites (N-methyl/N-ethyl adjacent to an activating group) is 1. The summed E-state index contributed by atoms with van der Waals surface area (Å²) in [7, 11) is -1.94. The number of para-hydroxylation sites is 1. The maximum Gasteiger partial charge on any atom is 0.284 e. The molecule has 170 valence electrons. The van der Waals surface area contributed by atoms with Gasteiger partial charge in [-0.15, -0.1) is 11.0 Å². The van der Waals surface area contributed by atoms with Crippen molar-refractivity contribution in [2.45, 2.75) is 24.2 Å². The van der Waals surface area contributed by atoms with Gasteiger partial charge in [-0.05, 0) is 47.7 Å². The standard InChI is InChI=1S/C25H25N3O3S2/c1-5-17-28-23(29)21(32-24(28)26-33(30,31)18-11-7-6-8-12-18)15-16-22-25(2,3)19-13-9-10-14-20(19)27(22)4/h5-16H,1,17H2,2-4H3. The van der Waals surface area contributed by atoms with Crippen LogP contribution in [-0.4, -0.2) is 38.0 Å². The molecule has 2 aliphatic heterocycles. The van der Waals surface area contributed by atoms with Gasteiger partial charge in [-0.2, -0.15) is 8.42 Å². The lowest BCUT2D eigenvalue weighted by molar-refractivity contribution is -0.121. The topological polar surface area (TPSA) is 70.1 Å². The van der Waals surface area contributed by atoms with E-state index >= 15 is 0 Å². The number of allylic oxidation sites excluding steroid dienone is 3. The molecule has 2 aromatic carbocycles. The summed E-state index contributed by atoms with van der Waals surface area (Å²) in [6.45, 7) is 8.15. The molecular weight excluding hydrogens is 454 g/mol. The number of carbonyl (C=O) groups excluding carboxylic acids is 1. The zero-order chi connectivity index (χ0) is 23.8. The first kappa shape index (κ1) is 23.1. The fourth-order valence-corrected chi connectivity index (χ4v) is 6.24. The first-order valence-corrected chi connectivity index (χ1v) is 12.7. The number of amides is 1.